The molecule has 1 unspecified atom stereocenters. The average molecular weight is 269 g/mol. The first-order valence-corrected chi connectivity index (χ1v) is 7.25. The van der Waals surface area contributed by atoms with Crippen molar-refractivity contribution in [3.8, 4) is 0 Å². The van der Waals surface area contributed by atoms with Gasteiger partial charge in [-0.3, -0.25) is 0 Å². The second-order valence-electron chi connectivity index (χ2n) is 5.30. The van der Waals surface area contributed by atoms with Crippen molar-refractivity contribution in [3.63, 3.8) is 0 Å². The molecule has 1 N–H and O–H groups in total. The fourth-order valence-corrected chi connectivity index (χ4v) is 2.28. The molecular formula is C17H23N3. The maximum atomic E-state index is 4.14. The third-order valence-corrected chi connectivity index (χ3v) is 3.63. The zero-order valence-corrected chi connectivity index (χ0v) is 12.6. The zero-order valence-electron chi connectivity index (χ0n) is 12.6. The fourth-order valence-electron chi connectivity index (χ4n) is 2.28. The second-order valence-corrected chi connectivity index (χ2v) is 5.30. The molecule has 3 nitrogen and oxygen atoms in total. The van der Waals surface area contributed by atoms with Crippen molar-refractivity contribution >= 4 is 0 Å². The van der Waals surface area contributed by atoms with Gasteiger partial charge in [0, 0.05) is 24.0 Å². The normalized spacial score (nSPS) is 12.3. The highest BCUT2D eigenvalue weighted by molar-refractivity contribution is 5.31. The Hall–Kier alpha value is -1.74. The van der Waals surface area contributed by atoms with Crippen molar-refractivity contribution in [2.24, 2.45) is 0 Å². The van der Waals surface area contributed by atoms with E-state index in [1.54, 1.807) is 6.33 Å². The molecule has 0 aliphatic rings. The van der Waals surface area contributed by atoms with Gasteiger partial charge in [0.05, 0.1) is 0 Å². The molecule has 0 spiro atoms. The van der Waals surface area contributed by atoms with Gasteiger partial charge in [0.2, 0.25) is 0 Å². The minimum absolute atomic E-state index is 0.276. The standard InChI is InChI=1S/C17H23N3/c1-4-7-20-17(16-10-18-12-19-11-16)9-15-6-5-13(2)14(3)8-15/h5-6,8,10-12,17,20H,4,7,9H2,1-3H3. The second kappa shape index (κ2) is 7.15. The molecule has 1 heterocycles. The number of nitrogens with zero attached hydrogens (tertiary/aromatic N) is 2. The van der Waals surface area contributed by atoms with Gasteiger partial charge in [-0.1, -0.05) is 25.1 Å². The molecular weight excluding hydrogens is 246 g/mol. The maximum absolute atomic E-state index is 4.14. The molecule has 0 fully saturated rings. The van der Waals surface area contributed by atoms with Crippen molar-refractivity contribution in [3.05, 3.63) is 59.2 Å². The van der Waals surface area contributed by atoms with Gasteiger partial charge in [-0.25, -0.2) is 9.97 Å². The number of nitrogens with one attached hydrogen (secondary N) is 1. The number of rotatable bonds is 6. The minimum atomic E-state index is 0.276. The van der Waals surface area contributed by atoms with Crippen LogP contribution in [-0.4, -0.2) is 16.5 Å². The van der Waals surface area contributed by atoms with Gasteiger partial charge in [-0.2, -0.15) is 0 Å². The molecule has 0 bridgehead atoms. The Morgan fingerprint density at radius 3 is 2.50 bits per heavy atom. The third kappa shape index (κ3) is 3.87. The van der Waals surface area contributed by atoms with Crippen LogP contribution in [-0.2, 0) is 6.42 Å². The minimum Gasteiger partial charge on any atom is -0.310 e. The molecule has 2 aromatic rings. The molecule has 1 aromatic heterocycles. The first-order chi connectivity index (χ1) is 9.70. The third-order valence-electron chi connectivity index (χ3n) is 3.63. The molecule has 106 valence electrons. The summed E-state index contributed by atoms with van der Waals surface area (Å²) in [5.41, 5.74) is 5.20. The lowest BCUT2D eigenvalue weighted by Gasteiger charge is -2.19. The highest BCUT2D eigenvalue weighted by Gasteiger charge is 2.12. The first kappa shape index (κ1) is 14.7. The molecule has 0 saturated carbocycles. The van der Waals surface area contributed by atoms with Crippen molar-refractivity contribution in [1.82, 2.24) is 15.3 Å². The summed E-state index contributed by atoms with van der Waals surface area (Å²) in [5.74, 6) is 0. The van der Waals surface area contributed by atoms with Gasteiger partial charge in [-0.05, 0) is 49.9 Å². The molecule has 20 heavy (non-hydrogen) atoms. The lowest BCUT2D eigenvalue weighted by atomic mass is 9.98. The molecule has 0 radical (unpaired) electrons. The molecule has 0 aliphatic heterocycles. The SMILES string of the molecule is CCCNC(Cc1ccc(C)c(C)c1)c1cncnc1. The molecule has 0 aliphatic carbocycles. The zero-order chi connectivity index (χ0) is 14.4. The quantitative estimate of drug-likeness (QED) is 0.873. The van der Waals surface area contributed by atoms with E-state index >= 15 is 0 Å². The predicted molar refractivity (Wildman–Crippen MR) is 82.7 cm³/mol. The van der Waals surface area contributed by atoms with E-state index in [1.807, 2.05) is 12.4 Å². The fraction of sp³-hybridized carbons (Fsp3) is 0.412. The van der Waals surface area contributed by atoms with Gasteiger partial charge in [-0.15, -0.1) is 0 Å². The van der Waals surface area contributed by atoms with E-state index in [4.69, 9.17) is 0 Å². The Balaban J connectivity index is 2.17. The molecule has 3 heteroatoms. The highest BCUT2D eigenvalue weighted by Crippen LogP contribution is 2.19. The monoisotopic (exact) mass is 269 g/mol. The Bertz CT molecular complexity index is 537. The largest absolute Gasteiger partial charge is 0.310 e. The summed E-state index contributed by atoms with van der Waals surface area (Å²) in [6, 6.07) is 6.97. The smallest absolute Gasteiger partial charge is 0.115 e. The number of aryl methyl sites for hydroxylation is 2. The van der Waals surface area contributed by atoms with Crippen LogP contribution in [0.3, 0.4) is 0 Å². The highest BCUT2D eigenvalue weighted by atomic mass is 14.9. The van der Waals surface area contributed by atoms with E-state index in [1.165, 1.54) is 16.7 Å². The van der Waals surface area contributed by atoms with Gasteiger partial charge >= 0.3 is 0 Å². The van der Waals surface area contributed by atoms with E-state index in [2.05, 4.69) is 54.3 Å². The number of aromatic nitrogens is 2. The lowest BCUT2D eigenvalue weighted by molar-refractivity contribution is 0.526. The topological polar surface area (TPSA) is 37.8 Å². The number of hydrogen-bond donors (Lipinski definition) is 1. The number of hydrogen-bond acceptors (Lipinski definition) is 3. The predicted octanol–water partition coefficient (Wildman–Crippen LogP) is 3.38. The summed E-state index contributed by atoms with van der Waals surface area (Å²) in [5, 5.41) is 3.59. The summed E-state index contributed by atoms with van der Waals surface area (Å²) >= 11 is 0. The Morgan fingerprint density at radius 1 is 1.10 bits per heavy atom. The summed E-state index contributed by atoms with van der Waals surface area (Å²) in [6.07, 6.45) is 7.48. The van der Waals surface area contributed by atoms with Crippen molar-refractivity contribution in [2.75, 3.05) is 6.54 Å². The molecule has 0 saturated heterocycles. The van der Waals surface area contributed by atoms with Crippen LogP contribution in [0.4, 0.5) is 0 Å². The first-order valence-electron chi connectivity index (χ1n) is 7.25. The van der Waals surface area contributed by atoms with Crippen LogP contribution in [0.2, 0.25) is 0 Å². The van der Waals surface area contributed by atoms with Crippen LogP contribution >= 0.6 is 0 Å². The Kier molecular flexibility index (Phi) is 5.24. The molecule has 1 atom stereocenters. The van der Waals surface area contributed by atoms with Crippen LogP contribution in [0.15, 0.2) is 36.9 Å². The summed E-state index contributed by atoms with van der Waals surface area (Å²) in [7, 11) is 0. The van der Waals surface area contributed by atoms with Crippen LogP contribution in [0.25, 0.3) is 0 Å². The molecule has 1 aromatic carbocycles. The van der Waals surface area contributed by atoms with Crippen LogP contribution < -0.4 is 5.32 Å². The van der Waals surface area contributed by atoms with E-state index in [0.717, 1.165) is 24.9 Å². The van der Waals surface area contributed by atoms with Crippen molar-refractivity contribution in [1.29, 1.82) is 0 Å². The van der Waals surface area contributed by atoms with Crippen LogP contribution in [0, 0.1) is 13.8 Å². The van der Waals surface area contributed by atoms with E-state index < -0.39 is 0 Å². The van der Waals surface area contributed by atoms with E-state index in [9.17, 15) is 0 Å². The van der Waals surface area contributed by atoms with Crippen molar-refractivity contribution < 1.29 is 0 Å². The van der Waals surface area contributed by atoms with Crippen LogP contribution in [0.5, 0.6) is 0 Å². The van der Waals surface area contributed by atoms with Crippen LogP contribution in [0.1, 0.15) is 41.6 Å². The Morgan fingerprint density at radius 2 is 1.85 bits per heavy atom. The lowest BCUT2D eigenvalue weighted by Crippen LogP contribution is -2.24. The maximum Gasteiger partial charge on any atom is 0.115 e. The Labute approximate surface area is 121 Å². The van der Waals surface area contributed by atoms with Gasteiger partial charge in [0.25, 0.3) is 0 Å². The summed E-state index contributed by atoms with van der Waals surface area (Å²) < 4.78 is 0. The van der Waals surface area contributed by atoms with Crippen molar-refractivity contribution in [2.45, 2.75) is 39.7 Å². The average Bonchev–Trinajstić information content (AvgIpc) is 2.48. The van der Waals surface area contributed by atoms with E-state index in [-0.39, 0.29) is 6.04 Å². The molecule has 2 rings (SSSR count). The van der Waals surface area contributed by atoms with Gasteiger partial charge < -0.3 is 5.32 Å². The van der Waals surface area contributed by atoms with Gasteiger partial charge in [0.15, 0.2) is 0 Å². The van der Waals surface area contributed by atoms with Gasteiger partial charge in [0.1, 0.15) is 6.33 Å². The van der Waals surface area contributed by atoms with E-state index in [0.29, 0.717) is 0 Å². The summed E-state index contributed by atoms with van der Waals surface area (Å²) in [4.78, 5) is 8.27. The molecule has 0 amide bonds. The number of benzene rings is 1. The summed E-state index contributed by atoms with van der Waals surface area (Å²) in [6.45, 7) is 7.50.